The molecule has 2 aliphatic heterocycles. The van der Waals surface area contributed by atoms with E-state index in [9.17, 15) is 16.8 Å². The van der Waals surface area contributed by atoms with Gasteiger partial charge in [-0.3, -0.25) is 16.8 Å². The molecule has 0 saturated heterocycles. The van der Waals surface area contributed by atoms with Crippen molar-refractivity contribution in [1.82, 2.24) is 0 Å². The minimum absolute atomic E-state index is 0.241. The maximum atomic E-state index is 12.4. The Balaban J connectivity index is 1.64. The van der Waals surface area contributed by atoms with Crippen LogP contribution in [0.1, 0.15) is 34.1 Å². The smallest absolute Gasteiger partial charge is 0.132 e. The van der Waals surface area contributed by atoms with E-state index in [0.717, 1.165) is 22.3 Å². The third kappa shape index (κ3) is 4.70. The fourth-order valence-corrected chi connectivity index (χ4v) is 7.58. The van der Waals surface area contributed by atoms with Gasteiger partial charge in [-0.2, -0.15) is 0 Å². The van der Waals surface area contributed by atoms with Crippen LogP contribution in [0.4, 0.5) is 0 Å². The summed E-state index contributed by atoms with van der Waals surface area (Å²) in [4.78, 5) is 2.59. The molecule has 206 valence electrons. The number of hydrogen-bond acceptors (Lipinski definition) is 6. The molecule has 0 fully saturated rings. The van der Waals surface area contributed by atoms with Crippen LogP contribution in [0.15, 0.2) is 92.4 Å². The Bertz CT molecular complexity index is 1540. The molecule has 4 atom stereocenters. The molecule has 4 unspecified atom stereocenters. The largest absolute Gasteiger partial charge is 0.457 e. The number of fused-ring (bicyclic) bond motifs is 4. The Kier molecular flexibility index (Phi) is 7.14. The molecule has 0 aliphatic carbocycles. The minimum atomic E-state index is -1.21. The van der Waals surface area contributed by atoms with Crippen molar-refractivity contribution in [2.45, 2.75) is 31.4 Å². The molecule has 0 amide bonds. The highest BCUT2D eigenvalue weighted by molar-refractivity contribution is 7.85. The van der Waals surface area contributed by atoms with Crippen LogP contribution in [-0.2, 0) is 43.2 Å². The molecule has 0 bridgehead atoms. The summed E-state index contributed by atoms with van der Waals surface area (Å²) in [6.07, 6.45) is 6.52. The Morgan fingerprint density at radius 1 is 0.425 bits per heavy atom. The zero-order chi connectivity index (χ0) is 28.3. The first-order valence-electron chi connectivity index (χ1n) is 12.4. The van der Waals surface area contributed by atoms with Gasteiger partial charge in [-0.15, -0.1) is 0 Å². The van der Waals surface area contributed by atoms with E-state index in [1.807, 2.05) is 72.8 Å². The van der Waals surface area contributed by atoms with E-state index in [1.54, 1.807) is 25.0 Å². The Labute approximate surface area is 243 Å². The van der Waals surface area contributed by atoms with Gasteiger partial charge in [0.05, 0.1) is 0 Å². The molecule has 10 heteroatoms. The van der Waals surface area contributed by atoms with Gasteiger partial charge in [-0.25, -0.2) is 0 Å². The molecule has 0 radical (unpaired) electrons. The maximum absolute atomic E-state index is 12.4. The molecule has 2 heterocycles. The van der Waals surface area contributed by atoms with Crippen LogP contribution in [0, 0.1) is 0 Å². The van der Waals surface area contributed by atoms with Crippen molar-refractivity contribution in [2.24, 2.45) is 0 Å². The van der Waals surface area contributed by atoms with Crippen LogP contribution in [0.3, 0.4) is 0 Å². The van der Waals surface area contributed by atoms with E-state index >= 15 is 0 Å². The summed E-state index contributed by atoms with van der Waals surface area (Å²) >= 11 is 0. The number of ether oxygens (including phenoxy) is 2. The molecule has 0 aromatic heterocycles. The maximum Gasteiger partial charge on any atom is 0.132 e. The molecular formula is C30H26O6S4. The lowest BCUT2D eigenvalue weighted by Crippen LogP contribution is -2.22. The van der Waals surface area contributed by atoms with Gasteiger partial charge in [-0.05, 0) is 48.5 Å². The molecule has 4 aromatic carbocycles. The van der Waals surface area contributed by atoms with Gasteiger partial charge in [0.25, 0.3) is 0 Å². The zero-order valence-electron chi connectivity index (χ0n) is 22.2. The van der Waals surface area contributed by atoms with Gasteiger partial charge in [0, 0.05) is 122 Å². The average molecular weight is 611 g/mol. The molecule has 6 rings (SSSR count). The Morgan fingerprint density at radius 2 is 0.650 bits per heavy atom. The number of benzene rings is 4. The highest BCUT2D eigenvalue weighted by Crippen LogP contribution is 2.58. The van der Waals surface area contributed by atoms with Crippen molar-refractivity contribution in [2.75, 3.05) is 25.0 Å². The molecule has 40 heavy (non-hydrogen) atoms. The van der Waals surface area contributed by atoms with Gasteiger partial charge in [0.1, 0.15) is 23.0 Å². The van der Waals surface area contributed by atoms with Crippen molar-refractivity contribution in [3.8, 4) is 23.0 Å². The highest BCUT2D eigenvalue weighted by Gasteiger charge is 2.40. The SMILES string of the molecule is CS(=O)c1ccc2c(c1)Oc1cc(S(C)=O)ccc1C2C1c2ccc(S(C)=O)cc2Oc2cc(S(C)=O)ccc21. The summed E-state index contributed by atoms with van der Waals surface area (Å²) in [5.41, 5.74) is 3.67. The predicted molar refractivity (Wildman–Crippen MR) is 159 cm³/mol. The summed E-state index contributed by atoms with van der Waals surface area (Å²) in [5, 5.41) is 0. The first-order valence-corrected chi connectivity index (χ1v) is 18.6. The summed E-state index contributed by atoms with van der Waals surface area (Å²) in [6.45, 7) is 0. The first kappa shape index (κ1) is 27.3. The number of hydrogen-bond donors (Lipinski definition) is 0. The van der Waals surface area contributed by atoms with Crippen molar-refractivity contribution in [3.05, 3.63) is 95.1 Å². The van der Waals surface area contributed by atoms with Crippen LogP contribution in [0.2, 0.25) is 0 Å². The quantitative estimate of drug-likeness (QED) is 0.284. The lowest BCUT2D eigenvalue weighted by atomic mass is 9.71. The molecular weight excluding hydrogens is 585 g/mol. The van der Waals surface area contributed by atoms with Crippen LogP contribution in [0.5, 0.6) is 23.0 Å². The van der Waals surface area contributed by atoms with E-state index in [1.165, 1.54) is 0 Å². The van der Waals surface area contributed by atoms with Crippen molar-refractivity contribution in [1.29, 1.82) is 0 Å². The Hall–Kier alpha value is -2.92. The average Bonchev–Trinajstić information content (AvgIpc) is 2.93. The molecule has 6 nitrogen and oxygen atoms in total. The first-order chi connectivity index (χ1) is 19.1. The summed E-state index contributed by atoms with van der Waals surface area (Å²) in [5.74, 6) is 1.89. The fourth-order valence-electron chi connectivity index (χ4n) is 5.45. The van der Waals surface area contributed by atoms with Gasteiger partial charge >= 0.3 is 0 Å². The monoisotopic (exact) mass is 610 g/mol. The van der Waals surface area contributed by atoms with Gasteiger partial charge in [-0.1, -0.05) is 24.3 Å². The second kappa shape index (κ2) is 10.5. The topological polar surface area (TPSA) is 86.7 Å². The summed E-state index contributed by atoms with van der Waals surface area (Å²) < 4.78 is 62.2. The van der Waals surface area contributed by atoms with Crippen molar-refractivity contribution >= 4 is 43.2 Å². The Morgan fingerprint density at radius 3 is 0.850 bits per heavy atom. The van der Waals surface area contributed by atoms with E-state index < -0.39 is 43.2 Å². The molecule has 0 N–H and O–H groups in total. The van der Waals surface area contributed by atoms with E-state index in [2.05, 4.69) is 0 Å². The normalized spacial score (nSPS) is 19.9. The lowest BCUT2D eigenvalue weighted by Gasteiger charge is -2.38. The second-order valence-corrected chi connectivity index (χ2v) is 15.3. The van der Waals surface area contributed by atoms with Crippen LogP contribution in [0.25, 0.3) is 0 Å². The van der Waals surface area contributed by atoms with E-state index in [0.29, 0.717) is 42.6 Å². The minimum Gasteiger partial charge on any atom is -0.457 e. The zero-order valence-corrected chi connectivity index (χ0v) is 25.4. The van der Waals surface area contributed by atoms with Crippen molar-refractivity contribution in [3.63, 3.8) is 0 Å². The van der Waals surface area contributed by atoms with Crippen LogP contribution >= 0.6 is 0 Å². The summed E-state index contributed by atoms with van der Waals surface area (Å²) in [6, 6.07) is 22.5. The molecule has 0 spiro atoms. The van der Waals surface area contributed by atoms with E-state index in [-0.39, 0.29) is 11.8 Å². The molecule has 2 aliphatic rings. The third-order valence-corrected chi connectivity index (χ3v) is 11.1. The van der Waals surface area contributed by atoms with Crippen LogP contribution in [-0.4, -0.2) is 41.9 Å². The third-order valence-electron chi connectivity index (χ3n) is 7.38. The van der Waals surface area contributed by atoms with Crippen molar-refractivity contribution < 1.29 is 26.3 Å². The molecule has 0 saturated carbocycles. The van der Waals surface area contributed by atoms with Gasteiger partial charge in [0.15, 0.2) is 0 Å². The summed E-state index contributed by atoms with van der Waals surface area (Å²) in [7, 11) is -4.82. The number of rotatable bonds is 5. The molecule has 4 aromatic rings. The van der Waals surface area contributed by atoms with E-state index in [4.69, 9.17) is 9.47 Å². The standard InChI is InChI=1S/C30H26O6S4/c1-37(31)17-5-9-21-25(13-17)35-26-14-18(38(2)32)6-10-22(26)29(21)30-23-11-7-19(39(3)33)15-27(23)36-28-16-20(40(4)34)8-12-24(28)30/h5-16,29-30H,1-4H3. The lowest BCUT2D eigenvalue weighted by molar-refractivity contribution is 0.410. The fraction of sp³-hybridized carbons (Fsp3) is 0.200. The second-order valence-electron chi connectivity index (χ2n) is 9.77. The van der Waals surface area contributed by atoms with Crippen LogP contribution < -0.4 is 9.47 Å². The van der Waals surface area contributed by atoms with Gasteiger partial charge < -0.3 is 9.47 Å². The predicted octanol–water partition coefficient (Wildman–Crippen LogP) is 5.81. The van der Waals surface area contributed by atoms with Gasteiger partial charge in [0.2, 0.25) is 0 Å². The highest BCUT2D eigenvalue weighted by atomic mass is 32.2.